The van der Waals surface area contributed by atoms with E-state index in [2.05, 4.69) is 44.3 Å². The molecule has 1 heterocycles. The first-order valence-electron chi connectivity index (χ1n) is 6.10. The van der Waals surface area contributed by atoms with Gasteiger partial charge in [0.25, 0.3) is 0 Å². The Morgan fingerprint density at radius 1 is 1.31 bits per heavy atom. The summed E-state index contributed by atoms with van der Waals surface area (Å²) in [4.78, 5) is 0. The Balaban J connectivity index is 2.05. The lowest BCUT2D eigenvalue weighted by Crippen LogP contribution is -2.32. The molecule has 2 atom stereocenters. The molecule has 88 valence electrons. The third kappa shape index (κ3) is 2.76. The van der Waals surface area contributed by atoms with Crippen LogP contribution in [-0.2, 0) is 4.74 Å². The van der Waals surface area contributed by atoms with Crippen molar-refractivity contribution in [1.82, 2.24) is 0 Å². The number of hydrogen-bond donors (Lipinski definition) is 1. The molecule has 0 bridgehead atoms. The number of aryl methyl sites for hydroxylation is 2. The number of anilines is 1. The van der Waals surface area contributed by atoms with E-state index < -0.39 is 0 Å². The molecule has 0 aliphatic carbocycles. The number of rotatable bonds is 2. The van der Waals surface area contributed by atoms with Gasteiger partial charge in [-0.1, -0.05) is 12.1 Å². The van der Waals surface area contributed by atoms with Gasteiger partial charge in [0.05, 0.1) is 6.10 Å². The monoisotopic (exact) mass is 219 g/mol. The Bertz CT molecular complexity index is 362. The Hall–Kier alpha value is -1.02. The van der Waals surface area contributed by atoms with E-state index in [-0.39, 0.29) is 0 Å². The van der Waals surface area contributed by atoms with Gasteiger partial charge in [-0.15, -0.1) is 0 Å². The molecule has 1 aromatic rings. The second-order valence-electron chi connectivity index (χ2n) is 4.87. The van der Waals surface area contributed by atoms with Crippen molar-refractivity contribution in [3.8, 4) is 0 Å². The lowest BCUT2D eigenvalue weighted by atomic mass is 10.0. The highest BCUT2D eigenvalue weighted by atomic mass is 16.5. The summed E-state index contributed by atoms with van der Waals surface area (Å²) in [6, 6.07) is 7.13. The summed E-state index contributed by atoms with van der Waals surface area (Å²) in [6.07, 6.45) is 2.60. The molecule has 0 amide bonds. The average molecular weight is 219 g/mol. The summed E-state index contributed by atoms with van der Waals surface area (Å²) in [5.41, 5.74) is 3.91. The van der Waals surface area contributed by atoms with Gasteiger partial charge in [-0.05, 0) is 50.8 Å². The molecule has 1 aliphatic rings. The number of ether oxygens (including phenoxy) is 1. The Morgan fingerprint density at radius 2 is 2.12 bits per heavy atom. The van der Waals surface area contributed by atoms with E-state index in [1.165, 1.54) is 16.8 Å². The second kappa shape index (κ2) is 4.88. The predicted octanol–water partition coefficient (Wildman–Crippen LogP) is 3.28. The van der Waals surface area contributed by atoms with Gasteiger partial charge in [0.15, 0.2) is 0 Å². The summed E-state index contributed by atoms with van der Waals surface area (Å²) in [5.74, 6) is 0. The van der Waals surface area contributed by atoms with Crippen LogP contribution in [-0.4, -0.2) is 18.8 Å². The van der Waals surface area contributed by atoms with Crippen molar-refractivity contribution in [1.29, 1.82) is 0 Å². The quantitative estimate of drug-likeness (QED) is 0.824. The van der Waals surface area contributed by atoms with Crippen molar-refractivity contribution in [2.24, 2.45) is 0 Å². The zero-order valence-corrected chi connectivity index (χ0v) is 10.4. The minimum Gasteiger partial charge on any atom is -0.382 e. The standard InChI is InChI=1S/C14H21NO/c1-10-4-5-11(2)14(8-10)15-13-6-7-16-12(3)9-13/h4-5,8,12-13,15H,6-7,9H2,1-3H3. The smallest absolute Gasteiger partial charge is 0.0566 e. The molecule has 1 saturated heterocycles. The number of benzene rings is 1. The molecule has 2 nitrogen and oxygen atoms in total. The first kappa shape index (κ1) is 11.5. The Kier molecular flexibility index (Phi) is 3.49. The van der Waals surface area contributed by atoms with Crippen molar-refractivity contribution in [2.45, 2.75) is 45.8 Å². The molecule has 0 aromatic heterocycles. The van der Waals surface area contributed by atoms with Crippen LogP contribution in [0.4, 0.5) is 5.69 Å². The highest BCUT2D eigenvalue weighted by Crippen LogP contribution is 2.22. The van der Waals surface area contributed by atoms with Crippen LogP contribution < -0.4 is 5.32 Å². The maximum absolute atomic E-state index is 5.56. The molecule has 0 radical (unpaired) electrons. The van der Waals surface area contributed by atoms with Crippen molar-refractivity contribution < 1.29 is 4.74 Å². The summed E-state index contributed by atoms with van der Waals surface area (Å²) >= 11 is 0. The number of nitrogens with one attached hydrogen (secondary N) is 1. The van der Waals surface area contributed by atoms with Crippen LogP contribution in [0.1, 0.15) is 30.9 Å². The summed E-state index contributed by atoms with van der Waals surface area (Å²) in [7, 11) is 0. The maximum atomic E-state index is 5.56. The molecule has 0 saturated carbocycles. The van der Waals surface area contributed by atoms with E-state index in [0.29, 0.717) is 12.1 Å². The molecule has 1 aliphatic heterocycles. The molecule has 1 fully saturated rings. The van der Waals surface area contributed by atoms with Gasteiger partial charge in [0, 0.05) is 18.3 Å². The Labute approximate surface area is 98.0 Å². The van der Waals surface area contributed by atoms with Crippen LogP contribution in [0, 0.1) is 13.8 Å². The van der Waals surface area contributed by atoms with Gasteiger partial charge in [0.1, 0.15) is 0 Å². The molecular weight excluding hydrogens is 198 g/mol. The van der Waals surface area contributed by atoms with Crippen molar-refractivity contribution >= 4 is 5.69 Å². The summed E-state index contributed by atoms with van der Waals surface area (Å²) < 4.78 is 5.56. The normalized spacial score (nSPS) is 25.4. The molecule has 1 N–H and O–H groups in total. The molecule has 2 heteroatoms. The van der Waals surface area contributed by atoms with Crippen LogP contribution in [0.5, 0.6) is 0 Å². The lowest BCUT2D eigenvalue weighted by Gasteiger charge is -2.29. The van der Waals surface area contributed by atoms with Crippen LogP contribution >= 0.6 is 0 Å². The van der Waals surface area contributed by atoms with Gasteiger partial charge >= 0.3 is 0 Å². The van der Waals surface area contributed by atoms with E-state index in [4.69, 9.17) is 4.74 Å². The summed E-state index contributed by atoms with van der Waals surface area (Å²) in [5, 5.41) is 3.64. The fourth-order valence-electron chi connectivity index (χ4n) is 2.24. The minimum atomic E-state index is 0.386. The fraction of sp³-hybridized carbons (Fsp3) is 0.571. The molecule has 1 aromatic carbocycles. The first-order chi connectivity index (χ1) is 7.65. The number of hydrogen-bond acceptors (Lipinski definition) is 2. The van der Waals surface area contributed by atoms with E-state index in [1.54, 1.807) is 0 Å². The van der Waals surface area contributed by atoms with Crippen LogP contribution in [0.25, 0.3) is 0 Å². The van der Waals surface area contributed by atoms with E-state index >= 15 is 0 Å². The summed E-state index contributed by atoms with van der Waals surface area (Å²) in [6.45, 7) is 7.32. The van der Waals surface area contributed by atoms with Crippen molar-refractivity contribution in [2.75, 3.05) is 11.9 Å². The minimum absolute atomic E-state index is 0.386. The average Bonchev–Trinajstić information content (AvgIpc) is 2.24. The van der Waals surface area contributed by atoms with Gasteiger partial charge in [0.2, 0.25) is 0 Å². The second-order valence-corrected chi connectivity index (χ2v) is 4.87. The van der Waals surface area contributed by atoms with Gasteiger partial charge in [-0.3, -0.25) is 0 Å². The molecule has 0 spiro atoms. The topological polar surface area (TPSA) is 21.3 Å². The van der Waals surface area contributed by atoms with Crippen LogP contribution in [0.15, 0.2) is 18.2 Å². The Morgan fingerprint density at radius 3 is 2.88 bits per heavy atom. The maximum Gasteiger partial charge on any atom is 0.0566 e. The fourth-order valence-corrected chi connectivity index (χ4v) is 2.24. The van der Waals surface area contributed by atoms with E-state index in [0.717, 1.165) is 19.4 Å². The van der Waals surface area contributed by atoms with Crippen molar-refractivity contribution in [3.63, 3.8) is 0 Å². The highest BCUT2D eigenvalue weighted by molar-refractivity contribution is 5.53. The lowest BCUT2D eigenvalue weighted by molar-refractivity contribution is 0.0232. The van der Waals surface area contributed by atoms with E-state index in [1.807, 2.05) is 0 Å². The molecule has 16 heavy (non-hydrogen) atoms. The molecular formula is C14H21NO. The van der Waals surface area contributed by atoms with E-state index in [9.17, 15) is 0 Å². The third-order valence-corrected chi connectivity index (χ3v) is 3.24. The SMILES string of the molecule is Cc1ccc(C)c(NC2CCOC(C)C2)c1. The van der Waals surface area contributed by atoms with Gasteiger partial charge in [-0.25, -0.2) is 0 Å². The van der Waals surface area contributed by atoms with Gasteiger partial charge < -0.3 is 10.1 Å². The van der Waals surface area contributed by atoms with Gasteiger partial charge in [-0.2, -0.15) is 0 Å². The third-order valence-electron chi connectivity index (χ3n) is 3.24. The largest absolute Gasteiger partial charge is 0.382 e. The molecule has 2 rings (SSSR count). The zero-order chi connectivity index (χ0) is 11.5. The van der Waals surface area contributed by atoms with Crippen LogP contribution in [0.3, 0.4) is 0 Å². The van der Waals surface area contributed by atoms with Crippen molar-refractivity contribution in [3.05, 3.63) is 29.3 Å². The predicted molar refractivity (Wildman–Crippen MR) is 68.0 cm³/mol. The molecule has 2 unspecified atom stereocenters. The van der Waals surface area contributed by atoms with Crippen LogP contribution in [0.2, 0.25) is 0 Å². The first-order valence-corrected chi connectivity index (χ1v) is 6.10. The zero-order valence-electron chi connectivity index (χ0n) is 10.4. The highest BCUT2D eigenvalue weighted by Gasteiger charge is 2.19.